The SMILES string of the molecule is NS(=O)(=O)c1cccc(C(=O)Nc2ccc(C(F)(F)F)cc2)c1. The predicted octanol–water partition coefficient (Wildman–Crippen LogP) is 2.61. The third-order valence-corrected chi connectivity index (χ3v) is 3.81. The number of carbonyl (C=O) groups is 1. The van der Waals surface area contributed by atoms with Gasteiger partial charge in [-0.15, -0.1) is 0 Å². The van der Waals surface area contributed by atoms with Crippen LogP contribution < -0.4 is 10.5 Å². The fraction of sp³-hybridized carbons (Fsp3) is 0.0714. The van der Waals surface area contributed by atoms with Crippen LogP contribution in [0.15, 0.2) is 53.4 Å². The van der Waals surface area contributed by atoms with Crippen molar-refractivity contribution >= 4 is 21.6 Å². The van der Waals surface area contributed by atoms with E-state index in [0.717, 1.165) is 30.3 Å². The number of hydrogen-bond acceptors (Lipinski definition) is 3. The number of carbonyl (C=O) groups excluding carboxylic acids is 1. The number of amides is 1. The lowest BCUT2D eigenvalue weighted by atomic mass is 10.2. The number of anilines is 1. The molecular weight excluding hydrogens is 333 g/mol. The highest BCUT2D eigenvalue weighted by Gasteiger charge is 2.30. The van der Waals surface area contributed by atoms with E-state index in [4.69, 9.17) is 5.14 Å². The molecule has 0 spiro atoms. The maximum Gasteiger partial charge on any atom is 0.416 e. The second-order valence-corrected chi connectivity index (χ2v) is 6.16. The maximum absolute atomic E-state index is 12.4. The quantitative estimate of drug-likeness (QED) is 0.897. The molecule has 5 nitrogen and oxygen atoms in total. The average Bonchev–Trinajstić information content (AvgIpc) is 2.46. The Morgan fingerprint density at radius 1 is 1.04 bits per heavy atom. The molecule has 0 saturated carbocycles. The number of rotatable bonds is 3. The van der Waals surface area contributed by atoms with E-state index in [9.17, 15) is 26.4 Å². The topological polar surface area (TPSA) is 89.3 Å². The molecule has 0 unspecified atom stereocenters. The van der Waals surface area contributed by atoms with Gasteiger partial charge in [0.2, 0.25) is 10.0 Å². The van der Waals surface area contributed by atoms with E-state index in [1.807, 2.05) is 0 Å². The maximum atomic E-state index is 12.4. The summed E-state index contributed by atoms with van der Waals surface area (Å²) in [5, 5.41) is 7.34. The van der Waals surface area contributed by atoms with E-state index in [-0.39, 0.29) is 16.1 Å². The molecular formula is C14H11F3N2O3S. The van der Waals surface area contributed by atoms with Crippen molar-refractivity contribution in [3.8, 4) is 0 Å². The number of alkyl halides is 3. The molecule has 2 aromatic carbocycles. The van der Waals surface area contributed by atoms with Gasteiger partial charge in [-0.05, 0) is 42.5 Å². The van der Waals surface area contributed by atoms with Gasteiger partial charge in [0.05, 0.1) is 10.5 Å². The third-order valence-electron chi connectivity index (χ3n) is 2.89. The molecule has 2 rings (SSSR count). The summed E-state index contributed by atoms with van der Waals surface area (Å²) < 4.78 is 59.8. The van der Waals surface area contributed by atoms with E-state index < -0.39 is 27.7 Å². The van der Waals surface area contributed by atoms with Gasteiger partial charge in [-0.1, -0.05) is 6.07 Å². The van der Waals surface area contributed by atoms with Crippen LogP contribution in [-0.2, 0) is 16.2 Å². The molecule has 0 bridgehead atoms. The summed E-state index contributed by atoms with van der Waals surface area (Å²) in [6, 6.07) is 8.86. The predicted molar refractivity (Wildman–Crippen MR) is 77.2 cm³/mol. The summed E-state index contributed by atoms with van der Waals surface area (Å²) in [6.07, 6.45) is -4.47. The molecule has 9 heteroatoms. The molecule has 0 fully saturated rings. The summed E-state index contributed by atoms with van der Waals surface area (Å²) >= 11 is 0. The van der Waals surface area contributed by atoms with Gasteiger partial charge in [-0.2, -0.15) is 13.2 Å². The molecule has 0 heterocycles. The summed E-state index contributed by atoms with van der Waals surface area (Å²) in [6.45, 7) is 0. The van der Waals surface area contributed by atoms with Crippen molar-refractivity contribution in [1.29, 1.82) is 0 Å². The van der Waals surface area contributed by atoms with Gasteiger partial charge in [0.1, 0.15) is 0 Å². The van der Waals surface area contributed by atoms with Crippen LogP contribution in [0.4, 0.5) is 18.9 Å². The fourth-order valence-electron chi connectivity index (χ4n) is 1.76. The van der Waals surface area contributed by atoms with Crippen molar-refractivity contribution in [3.05, 3.63) is 59.7 Å². The zero-order valence-electron chi connectivity index (χ0n) is 11.5. The van der Waals surface area contributed by atoms with Crippen LogP contribution in [0, 0.1) is 0 Å². The zero-order valence-corrected chi connectivity index (χ0v) is 12.3. The molecule has 0 radical (unpaired) electrons. The van der Waals surface area contributed by atoms with Gasteiger partial charge in [0, 0.05) is 11.3 Å². The van der Waals surface area contributed by atoms with Gasteiger partial charge in [0.25, 0.3) is 5.91 Å². The van der Waals surface area contributed by atoms with Crippen LogP contribution in [0.25, 0.3) is 0 Å². The van der Waals surface area contributed by atoms with Crippen molar-refractivity contribution in [3.63, 3.8) is 0 Å². The first kappa shape index (κ1) is 17.0. The number of nitrogens with one attached hydrogen (secondary N) is 1. The minimum atomic E-state index is -4.47. The Morgan fingerprint density at radius 2 is 1.65 bits per heavy atom. The van der Waals surface area contributed by atoms with Crippen molar-refractivity contribution in [1.82, 2.24) is 0 Å². The Balaban J connectivity index is 2.20. The van der Waals surface area contributed by atoms with Gasteiger partial charge >= 0.3 is 6.18 Å². The molecule has 0 atom stereocenters. The summed E-state index contributed by atoms with van der Waals surface area (Å²) in [4.78, 5) is 11.8. The van der Waals surface area contributed by atoms with Gasteiger partial charge in [-0.25, -0.2) is 13.6 Å². The smallest absolute Gasteiger partial charge is 0.322 e. The van der Waals surface area contributed by atoms with Crippen LogP contribution >= 0.6 is 0 Å². The van der Waals surface area contributed by atoms with Crippen molar-refractivity contribution in [2.24, 2.45) is 5.14 Å². The minimum absolute atomic E-state index is 0.0106. The zero-order chi connectivity index (χ0) is 17.3. The summed E-state index contributed by atoms with van der Waals surface area (Å²) in [5.74, 6) is -0.671. The first-order valence-corrected chi connectivity index (χ1v) is 7.73. The minimum Gasteiger partial charge on any atom is -0.322 e. The Labute approximate surface area is 130 Å². The van der Waals surface area contributed by atoms with E-state index in [0.29, 0.717) is 0 Å². The first-order valence-electron chi connectivity index (χ1n) is 6.19. The largest absolute Gasteiger partial charge is 0.416 e. The second-order valence-electron chi connectivity index (χ2n) is 4.60. The first-order chi connectivity index (χ1) is 10.6. The number of nitrogens with two attached hydrogens (primary N) is 1. The molecule has 1 amide bonds. The van der Waals surface area contributed by atoms with E-state index >= 15 is 0 Å². The van der Waals surface area contributed by atoms with Crippen LogP contribution in [0.2, 0.25) is 0 Å². The van der Waals surface area contributed by atoms with Gasteiger partial charge in [0.15, 0.2) is 0 Å². The van der Waals surface area contributed by atoms with Crippen LogP contribution in [0.1, 0.15) is 15.9 Å². The lowest BCUT2D eigenvalue weighted by Gasteiger charge is -2.09. The average molecular weight is 344 g/mol. The number of benzene rings is 2. The molecule has 3 N–H and O–H groups in total. The molecule has 23 heavy (non-hydrogen) atoms. The fourth-order valence-corrected chi connectivity index (χ4v) is 2.32. The molecule has 122 valence electrons. The third kappa shape index (κ3) is 4.30. The second kappa shape index (κ2) is 6.01. The van der Waals surface area contributed by atoms with Gasteiger partial charge in [-0.3, -0.25) is 4.79 Å². The summed E-state index contributed by atoms with van der Waals surface area (Å²) in [7, 11) is -3.96. The lowest BCUT2D eigenvalue weighted by molar-refractivity contribution is -0.137. The van der Waals surface area contributed by atoms with E-state index in [1.54, 1.807) is 0 Å². The van der Waals surface area contributed by atoms with Crippen LogP contribution in [0.5, 0.6) is 0 Å². The monoisotopic (exact) mass is 344 g/mol. The molecule has 0 aliphatic rings. The van der Waals surface area contributed by atoms with Crippen molar-refractivity contribution in [2.45, 2.75) is 11.1 Å². The van der Waals surface area contributed by atoms with Crippen molar-refractivity contribution < 1.29 is 26.4 Å². The molecule has 0 aromatic heterocycles. The van der Waals surface area contributed by atoms with Crippen molar-refractivity contribution in [2.75, 3.05) is 5.32 Å². The van der Waals surface area contributed by atoms with E-state index in [2.05, 4.69) is 5.32 Å². The molecule has 2 aromatic rings. The number of halogens is 3. The highest BCUT2D eigenvalue weighted by Crippen LogP contribution is 2.29. The highest BCUT2D eigenvalue weighted by atomic mass is 32.2. The standard InChI is InChI=1S/C14H11F3N2O3S/c15-14(16,17)10-4-6-11(7-5-10)19-13(20)9-2-1-3-12(8-9)23(18,21)22/h1-8H,(H,19,20)(H2,18,21,22). The Hall–Kier alpha value is -2.39. The van der Waals surface area contributed by atoms with E-state index in [1.165, 1.54) is 18.2 Å². The lowest BCUT2D eigenvalue weighted by Crippen LogP contribution is -2.15. The Kier molecular flexibility index (Phi) is 4.44. The Bertz CT molecular complexity index is 831. The number of primary sulfonamides is 1. The number of hydrogen-bond donors (Lipinski definition) is 2. The highest BCUT2D eigenvalue weighted by molar-refractivity contribution is 7.89. The molecule has 0 aliphatic carbocycles. The Morgan fingerprint density at radius 3 is 2.17 bits per heavy atom. The normalized spacial score (nSPS) is 12.0. The van der Waals surface area contributed by atoms with Crippen LogP contribution in [-0.4, -0.2) is 14.3 Å². The van der Waals surface area contributed by atoms with Gasteiger partial charge < -0.3 is 5.32 Å². The molecule has 0 aliphatic heterocycles. The summed E-state index contributed by atoms with van der Waals surface area (Å²) in [5.41, 5.74) is -0.688. The van der Waals surface area contributed by atoms with Crippen LogP contribution in [0.3, 0.4) is 0 Å². The number of sulfonamides is 1. The molecule has 0 saturated heterocycles.